The number of piperidine rings is 1. The summed E-state index contributed by atoms with van der Waals surface area (Å²) < 4.78 is 5.08. The summed E-state index contributed by atoms with van der Waals surface area (Å²) in [6, 6.07) is 0. The molecule has 3 heteroatoms. The highest BCUT2D eigenvalue weighted by molar-refractivity contribution is 5.77. The van der Waals surface area contributed by atoms with Crippen molar-refractivity contribution in [1.29, 1.82) is 0 Å². The molecule has 0 bridgehead atoms. The average molecular weight is 195 g/mol. The normalized spacial score (nSPS) is 19.7. The van der Waals surface area contributed by atoms with Crippen LogP contribution < -0.4 is 5.32 Å². The number of carbonyl (C=O) groups excluding carboxylic acids is 1. The van der Waals surface area contributed by atoms with Gasteiger partial charge in [0.2, 0.25) is 0 Å². The Morgan fingerprint density at radius 3 is 2.71 bits per heavy atom. The van der Waals surface area contributed by atoms with Crippen LogP contribution in [0.25, 0.3) is 0 Å². The first-order valence-corrected chi connectivity index (χ1v) is 5.06. The van der Waals surface area contributed by atoms with Crippen molar-refractivity contribution in [2.45, 2.75) is 26.2 Å². The number of ether oxygens (including phenoxy) is 1. The largest absolute Gasteiger partial charge is 0.466 e. The van der Waals surface area contributed by atoms with Gasteiger partial charge in [0, 0.05) is 6.42 Å². The molecular formula is C11H17NO2. The molecule has 0 aromatic carbocycles. The Hall–Kier alpha value is -1.01. The van der Waals surface area contributed by atoms with E-state index in [9.17, 15) is 4.79 Å². The molecule has 1 fully saturated rings. The minimum absolute atomic E-state index is 0.126. The standard InChI is InChI=1S/C11H17NO2/c1-3-5-11(10(13)14-4-2)6-8-12-9-7-11/h1,12H,4-9H2,2H3. The predicted molar refractivity (Wildman–Crippen MR) is 54.6 cm³/mol. The summed E-state index contributed by atoms with van der Waals surface area (Å²) in [5, 5.41) is 3.22. The highest BCUT2D eigenvalue weighted by Crippen LogP contribution is 2.33. The zero-order chi connectivity index (χ0) is 10.4. The van der Waals surface area contributed by atoms with Crippen LogP contribution in [0.4, 0.5) is 0 Å². The van der Waals surface area contributed by atoms with Crippen LogP contribution in [0.2, 0.25) is 0 Å². The van der Waals surface area contributed by atoms with Crippen LogP contribution in [0.3, 0.4) is 0 Å². The third-order valence-corrected chi connectivity index (χ3v) is 2.71. The molecule has 0 aliphatic carbocycles. The average Bonchev–Trinajstić information content (AvgIpc) is 2.20. The summed E-state index contributed by atoms with van der Waals surface area (Å²) in [7, 11) is 0. The third-order valence-electron chi connectivity index (χ3n) is 2.71. The van der Waals surface area contributed by atoms with E-state index >= 15 is 0 Å². The molecule has 0 saturated carbocycles. The molecule has 0 unspecified atom stereocenters. The van der Waals surface area contributed by atoms with Crippen molar-refractivity contribution in [1.82, 2.24) is 5.32 Å². The number of terminal acetylenes is 1. The van der Waals surface area contributed by atoms with Gasteiger partial charge in [-0.1, -0.05) is 0 Å². The van der Waals surface area contributed by atoms with Gasteiger partial charge < -0.3 is 10.1 Å². The summed E-state index contributed by atoms with van der Waals surface area (Å²) in [6.07, 6.45) is 7.37. The molecule has 0 amide bonds. The van der Waals surface area contributed by atoms with Gasteiger partial charge >= 0.3 is 5.97 Å². The van der Waals surface area contributed by atoms with Crippen LogP contribution in [0.15, 0.2) is 0 Å². The van der Waals surface area contributed by atoms with Crippen LogP contribution in [-0.2, 0) is 9.53 Å². The first kappa shape index (κ1) is 11.1. The topological polar surface area (TPSA) is 38.3 Å². The monoisotopic (exact) mass is 195 g/mol. The number of hydrogen-bond donors (Lipinski definition) is 1. The Morgan fingerprint density at radius 2 is 2.21 bits per heavy atom. The van der Waals surface area contributed by atoms with Crippen molar-refractivity contribution in [3.8, 4) is 12.3 Å². The van der Waals surface area contributed by atoms with Crippen molar-refractivity contribution >= 4 is 5.97 Å². The summed E-state index contributed by atoms with van der Waals surface area (Å²) in [5.41, 5.74) is -0.421. The van der Waals surface area contributed by atoms with E-state index in [0.717, 1.165) is 25.9 Å². The number of hydrogen-bond acceptors (Lipinski definition) is 3. The second-order valence-corrected chi connectivity index (χ2v) is 3.63. The van der Waals surface area contributed by atoms with Crippen LogP contribution >= 0.6 is 0 Å². The van der Waals surface area contributed by atoms with Crippen LogP contribution in [-0.4, -0.2) is 25.7 Å². The molecule has 78 valence electrons. The Balaban J connectivity index is 2.69. The highest BCUT2D eigenvalue weighted by atomic mass is 16.5. The molecule has 3 nitrogen and oxygen atoms in total. The zero-order valence-electron chi connectivity index (χ0n) is 8.64. The van der Waals surface area contributed by atoms with E-state index in [-0.39, 0.29) is 5.97 Å². The molecule has 1 aliphatic heterocycles. The zero-order valence-corrected chi connectivity index (χ0v) is 8.64. The fourth-order valence-corrected chi connectivity index (χ4v) is 1.84. The van der Waals surface area contributed by atoms with Crippen molar-refractivity contribution in [3.05, 3.63) is 0 Å². The van der Waals surface area contributed by atoms with Gasteiger partial charge in [0.25, 0.3) is 0 Å². The van der Waals surface area contributed by atoms with Gasteiger partial charge in [-0.3, -0.25) is 4.79 Å². The lowest BCUT2D eigenvalue weighted by Gasteiger charge is -2.33. The van der Waals surface area contributed by atoms with E-state index in [1.807, 2.05) is 6.92 Å². The number of esters is 1. The van der Waals surface area contributed by atoms with Crippen LogP contribution in [0.5, 0.6) is 0 Å². The fourth-order valence-electron chi connectivity index (χ4n) is 1.84. The van der Waals surface area contributed by atoms with Crippen molar-refractivity contribution in [3.63, 3.8) is 0 Å². The summed E-state index contributed by atoms with van der Waals surface area (Å²) in [6.45, 7) is 3.95. The molecule has 1 N–H and O–H groups in total. The maximum Gasteiger partial charge on any atom is 0.313 e. The first-order chi connectivity index (χ1) is 6.75. The minimum atomic E-state index is -0.421. The lowest BCUT2D eigenvalue weighted by Crippen LogP contribution is -2.42. The first-order valence-electron chi connectivity index (χ1n) is 5.06. The molecule has 0 spiro atoms. The van der Waals surface area contributed by atoms with Gasteiger partial charge in [-0.25, -0.2) is 0 Å². The van der Waals surface area contributed by atoms with Gasteiger partial charge in [0.15, 0.2) is 0 Å². The second kappa shape index (κ2) is 5.02. The number of nitrogens with one attached hydrogen (secondary N) is 1. The Kier molecular flexibility index (Phi) is 3.97. The van der Waals surface area contributed by atoms with Gasteiger partial charge in [-0.05, 0) is 32.9 Å². The lowest BCUT2D eigenvalue weighted by molar-refractivity contribution is -0.156. The second-order valence-electron chi connectivity index (χ2n) is 3.63. The third kappa shape index (κ3) is 2.27. The van der Waals surface area contributed by atoms with E-state index in [2.05, 4.69) is 11.2 Å². The molecule has 0 aromatic heterocycles. The van der Waals surface area contributed by atoms with E-state index in [0.29, 0.717) is 13.0 Å². The van der Waals surface area contributed by atoms with Crippen LogP contribution in [0.1, 0.15) is 26.2 Å². The molecule has 0 atom stereocenters. The number of carbonyl (C=O) groups is 1. The molecule has 0 aromatic rings. The molecular weight excluding hydrogens is 178 g/mol. The highest BCUT2D eigenvalue weighted by Gasteiger charge is 2.40. The lowest BCUT2D eigenvalue weighted by atomic mass is 9.76. The summed E-state index contributed by atoms with van der Waals surface area (Å²) in [4.78, 5) is 11.8. The van der Waals surface area contributed by atoms with Crippen molar-refractivity contribution < 1.29 is 9.53 Å². The van der Waals surface area contributed by atoms with E-state index in [1.165, 1.54) is 0 Å². The number of rotatable bonds is 3. The maximum atomic E-state index is 11.8. The van der Waals surface area contributed by atoms with E-state index in [1.54, 1.807) is 0 Å². The molecule has 1 rings (SSSR count). The quantitative estimate of drug-likeness (QED) is 0.538. The summed E-state index contributed by atoms with van der Waals surface area (Å²) >= 11 is 0. The minimum Gasteiger partial charge on any atom is -0.466 e. The smallest absolute Gasteiger partial charge is 0.313 e. The van der Waals surface area contributed by atoms with E-state index < -0.39 is 5.41 Å². The molecule has 14 heavy (non-hydrogen) atoms. The van der Waals surface area contributed by atoms with Gasteiger partial charge in [-0.15, -0.1) is 12.3 Å². The molecule has 0 radical (unpaired) electrons. The fraction of sp³-hybridized carbons (Fsp3) is 0.727. The van der Waals surface area contributed by atoms with Crippen LogP contribution in [0, 0.1) is 17.8 Å². The molecule has 1 aliphatic rings. The van der Waals surface area contributed by atoms with Crippen molar-refractivity contribution in [2.24, 2.45) is 5.41 Å². The Morgan fingerprint density at radius 1 is 1.57 bits per heavy atom. The SMILES string of the molecule is C#CCC1(C(=O)OCC)CCNCC1. The van der Waals surface area contributed by atoms with E-state index in [4.69, 9.17) is 11.2 Å². The Labute approximate surface area is 85.2 Å². The van der Waals surface area contributed by atoms with Gasteiger partial charge in [0.1, 0.15) is 0 Å². The Bertz CT molecular complexity index is 236. The van der Waals surface area contributed by atoms with Gasteiger partial charge in [-0.2, -0.15) is 0 Å². The maximum absolute atomic E-state index is 11.8. The predicted octanol–water partition coefficient (Wildman–Crippen LogP) is 0.943. The van der Waals surface area contributed by atoms with Gasteiger partial charge in [0.05, 0.1) is 12.0 Å². The van der Waals surface area contributed by atoms with Crippen molar-refractivity contribution in [2.75, 3.05) is 19.7 Å². The summed E-state index contributed by atoms with van der Waals surface area (Å²) in [5.74, 6) is 2.46. The molecule has 1 saturated heterocycles. The molecule has 1 heterocycles.